The largest absolute Gasteiger partial charge is 0.465 e. The van der Waals surface area contributed by atoms with E-state index in [1.54, 1.807) is 6.07 Å². The van der Waals surface area contributed by atoms with E-state index in [-0.39, 0.29) is 12.4 Å². The number of rotatable bonds is 6. The molecule has 0 aliphatic rings. The number of nitrogens with zero attached hydrogens (tertiary/aromatic N) is 2. The number of amides is 1. The maximum atomic E-state index is 11.4. The molecular weight excluding hydrogens is 299 g/mol. The summed E-state index contributed by atoms with van der Waals surface area (Å²) in [7, 11) is 0. The number of likely N-dealkylation sites (N-methyl/N-ethyl adjacent to an activating group) is 1. The van der Waals surface area contributed by atoms with Gasteiger partial charge in [0.25, 0.3) is 0 Å². The fourth-order valence-electron chi connectivity index (χ4n) is 2.05. The topological polar surface area (TPSA) is 43.8 Å². The van der Waals surface area contributed by atoms with Gasteiger partial charge < -0.3 is 10.0 Å². The summed E-state index contributed by atoms with van der Waals surface area (Å²) in [5.74, 6) is 0. The summed E-state index contributed by atoms with van der Waals surface area (Å²) < 4.78 is 0. The highest BCUT2D eigenvalue weighted by Crippen LogP contribution is 2.29. The number of hydrogen-bond acceptors (Lipinski definition) is 2. The van der Waals surface area contributed by atoms with Crippen LogP contribution in [0.5, 0.6) is 0 Å². The van der Waals surface area contributed by atoms with Crippen LogP contribution >= 0.6 is 24.0 Å². The van der Waals surface area contributed by atoms with Crippen molar-refractivity contribution >= 4 is 35.8 Å². The highest BCUT2D eigenvalue weighted by atomic mass is 35.5. The molecule has 0 heterocycles. The molecule has 0 bridgehead atoms. The third-order valence-electron chi connectivity index (χ3n) is 3.22. The first-order chi connectivity index (χ1) is 9.01. The van der Waals surface area contributed by atoms with Crippen molar-refractivity contribution in [1.29, 1.82) is 0 Å². The average Bonchev–Trinajstić information content (AvgIpc) is 2.36. The number of para-hydroxylation sites is 1. The van der Waals surface area contributed by atoms with Crippen LogP contribution in [0, 0.1) is 6.92 Å². The van der Waals surface area contributed by atoms with Gasteiger partial charge in [-0.05, 0) is 31.6 Å². The van der Waals surface area contributed by atoms with E-state index < -0.39 is 6.09 Å². The van der Waals surface area contributed by atoms with E-state index in [9.17, 15) is 9.90 Å². The molecule has 0 aromatic heterocycles. The molecule has 0 unspecified atom stereocenters. The van der Waals surface area contributed by atoms with Crippen LogP contribution in [0.4, 0.5) is 10.5 Å². The van der Waals surface area contributed by atoms with Crippen molar-refractivity contribution < 1.29 is 9.90 Å². The van der Waals surface area contributed by atoms with Crippen molar-refractivity contribution in [3.8, 4) is 0 Å². The fourth-order valence-corrected chi connectivity index (χ4v) is 2.37. The molecule has 0 spiro atoms. The lowest BCUT2D eigenvalue weighted by atomic mass is 10.2. The maximum absolute atomic E-state index is 11.4. The van der Waals surface area contributed by atoms with Gasteiger partial charge in [0.15, 0.2) is 0 Å². The van der Waals surface area contributed by atoms with Crippen LogP contribution < -0.4 is 4.90 Å². The second-order valence-corrected chi connectivity index (χ2v) is 4.77. The summed E-state index contributed by atoms with van der Waals surface area (Å²) in [6.07, 6.45) is -0.969. The van der Waals surface area contributed by atoms with E-state index in [1.165, 1.54) is 4.90 Å². The van der Waals surface area contributed by atoms with Gasteiger partial charge in [-0.3, -0.25) is 4.90 Å². The van der Waals surface area contributed by atoms with Crippen molar-refractivity contribution in [3.63, 3.8) is 0 Å². The summed E-state index contributed by atoms with van der Waals surface area (Å²) >= 11 is 6.13. The maximum Gasteiger partial charge on any atom is 0.411 e. The zero-order chi connectivity index (χ0) is 14.4. The zero-order valence-electron chi connectivity index (χ0n) is 12.1. The lowest BCUT2D eigenvalue weighted by Crippen LogP contribution is -2.38. The SMILES string of the molecule is CCN(CC)CCN(C(=O)O)c1c(C)cccc1Cl.Cl. The van der Waals surface area contributed by atoms with Crippen molar-refractivity contribution in [2.75, 3.05) is 31.1 Å². The minimum Gasteiger partial charge on any atom is -0.465 e. The Hall–Kier alpha value is -0.970. The van der Waals surface area contributed by atoms with Gasteiger partial charge in [-0.15, -0.1) is 12.4 Å². The monoisotopic (exact) mass is 320 g/mol. The number of carbonyl (C=O) groups is 1. The molecule has 6 heteroatoms. The normalized spacial score (nSPS) is 10.2. The van der Waals surface area contributed by atoms with Crippen LogP contribution in [0.15, 0.2) is 18.2 Å². The first-order valence-corrected chi connectivity index (χ1v) is 6.87. The predicted octanol–water partition coefficient (Wildman–Crippen LogP) is 3.90. The van der Waals surface area contributed by atoms with Crippen molar-refractivity contribution in [1.82, 2.24) is 4.90 Å². The number of halogens is 2. The van der Waals surface area contributed by atoms with E-state index in [0.29, 0.717) is 23.8 Å². The molecule has 0 fully saturated rings. The highest BCUT2D eigenvalue weighted by Gasteiger charge is 2.19. The number of carboxylic acid groups (broad SMARTS) is 1. The molecule has 0 atom stereocenters. The van der Waals surface area contributed by atoms with Crippen LogP contribution in [0.3, 0.4) is 0 Å². The Morgan fingerprint density at radius 3 is 2.30 bits per heavy atom. The summed E-state index contributed by atoms with van der Waals surface area (Å²) in [6.45, 7) is 8.93. The van der Waals surface area contributed by atoms with E-state index in [4.69, 9.17) is 11.6 Å². The molecule has 0 saturated heterocycles. The van der Waals surface area contributed by atoms with Crippen LogP contribution in [-0.2, 0) is 0 Å². The summed E-state index contributed by atoms with van der Waals surface area (Å²) in [5, 5.41) is 9.86. The van der Waals surface area contributed by atoms with Crippen molar-refractivity contribution in [2.45, 2.75) is 20.8 Å². The lowest BCUT2D eigenvalue weighted by molar-refractivity contribution is 0.200. The standard InChI is InChI=1S/C14H21ClN2O2.ClH/c1-4-16(5-2)9-10-17(14(18)19)13-11(3)7-6-8-12(13)15;/h6-8H,4-5,9-10H2,1-3H3,(H,18,19);1H. The molecular formula is C14H22Cl2N2O2. The molecule has 20 heavy (non-hydrogen) atoms. The lowest BCUT2D eigenvalue weighted by Gasteiger charge is -2.26. The van der Waals surface area contributed by atoms with Crippen LogP contribution in [-0.4, -0.2) is 42.3 Å². The second-order valence-electron chi connectivity index (χ2n) is 4.37. The van der Waals surface area contributed by atoms with Crippen molar-refractivity contribution in [3.05, 3.63) is 28.8 Å². The van der Waals surface area contributed by atoms with Crippen molar-refractivity contribution in [2.24, 2.45) is 0 Å². The molecule has 1 aromatic rings. The van der Waals surface area contributed by atoms with Gasteiger partial charge in [0.1, 0.15) is 0 Å². The van der Waals surface area contributed by atoms with Gasteiger partial charge in [-0.1, -0.05) is 37.6 Å². The number of benzene rings is 1. The van der Waals surface area contributed by atoms with Gasteiger partial charge in [0.05, 0.1) is 10.7 Å². The smallest absolute Gasteiger partial charge is 0.411 e. The summed E-state index contributed by atoms with van der Waals surface area (Å²) in [5.41, 5.74) is 1.46. The molecule has 0 saturated carbocycles. The van der Waals surface area contributed by atoms with E-state index in [2.05, 4.69) is 18.7 Å². The number of aryl methyl sites for hydroxylation is 1. The predicted molar refractivity (Wildman–Crippen MR) is 86.6 cm³/mol. The molecule has 1 N–H and O–H groups in total. The summed E-state index contributed by atoms with van der Waals surface area (Å²) in [6, 6.07) is 5.41. The molecule has 1 aromatic carbocycles. The molecule has 0 aliphatic carbocycles. The quantitative estimate of drug-likeness (QED) is 0.864. The third-order valence-corrected chi connectivity index (χ3v) is 3.53. The number of hydrogen-bond donors (Lipinski definition) is 1. The van der Waals surface area contributed by atoms with E-state index in [1.807, 2.05) is 19.1 Å². The Bertz CT molecular complexity index is 417. The van der Waals surface area contributed by atoms with Gasteiger partial charge >= 0.3 is 6.09 Å². The van der Waals surface area contributed by atoms with Gasteiger partial charge in [-0.25, -0.2) is 4.79 Å². The van der Waals surface area contributed by atoms with Crippen LogP contribution in [0.25, 0.3) is 0 Å². The summed E-state index contributed by atoms with van der Waals surface area (Å²) in [4.78, 5) is 15.0. The Balaban J connectivity index is 0.00000361. The number of anilines is 1. The van der Waals surface area contributed by atoms with Gasteiger partial charge in [0.2, 0.25) is 0 Å². The Labute approximate surface area is 131 Å². The molecule has 1 rings (SSSR count). The highest BCUT2D eigenvalue weighted by molar-refractivity contribution is 6.33. The Morgan fingerprint density at radius 1 is 1.25 bits per heavy atom. The fraction of sp³-hybridized carbons (Fsp3) is 0.500. The first kappa shape index (κ1) is 19.0. The minimum atomic E-state index is -0.969. The zero-order valence-corrected chi connectivity index (χ0v) is 13.7. The molecule has 0 radical (unpaired) electrons. The van der Waals surface area contributed by atoms with E-state index >= 15 is 0 Å². The third kappa shape index (κ3) is 4.85. The Kier molecular flexibility index (Phi) is 8.62. The van der Waals surface area contributed by atoms with Crippen LogP contribution in [0.2, 0.25) is 5.02 Å². The second kappa shape index (κ2) is 9.06. The van der Waals surface area contributed by atoms with Gasteiger partial charge in [0, 0.05) is 13.1 Å². The first-order valence-electron chi connectivity index (χ1n) is 6.49. The molecule has 0 aliphatic heterocycles. The van der Waals surface area contributed by atoms with Crippen LogP contribution in [0.1, 0.15) is 19.4 Å². The average molecular weight is 321 g/mol. The molecule has 114 valence electrons. The molecule has 4 nitrogen and oxygen atoms in total. The van der Waals surface area contributed by atoms with E-state index in [0.717, 1.165) is 18.7 Å². The minimum absolute atomic E-state index is 0. The Morgan fingerprint density at radius 2 is 1.85 bits per heavy atom. The van der Waals surface area contributed by atoms with Gasteiger partial charge in [-0.2, -0.15) is 0 Å². The molecule has 1 amide bonds.